The normalized spacial score (nSPS) is 15.8. The molecule has 0 aliphatic heterocycles. The Morgan fingerprint density at radius 2 is 1.65 bits per heavy atom. The number of thiocarbonyl (C=S) groups is 2. The lowest BCUT2D eigenvalue weighted by Crippen LogP contribution is -2.23. The molecule has 110 valence electrons. The summed E-state index contributed by atoms with van der Waals surface area (Å²) < 4.78 is 0. The molecule has 4 nitrogen and oxygen atoms in total. The zero-order chi connectivity index (χ0) is 15.3. The van der Waals surface area contributed by atoms with E-state index in [-0.39, 0.29) is 0 Å². The minimum atomic E-state index is 0.553. The fourth-order valence-corrected chi connectivity index (χ4v) is 2.10. The molecule has 1 fully saturated rings. The van der Waals surface area contributed by atoms with Crippen LogP contribution < -0.4 is 0 Å². The van der Waals surface area contributed by atoms with Crippen LogP contribution in [0.3, 0.4) is 0 Å². The minimum absolute atomic E-state index is 0.553. The maximum absolute atomic E-state index is 5.37. The molecular weight excluding hydrogens is 288 g/mol. The second kappa shape index (κ2) is 7.59. The van der Waals surface area contributed by atoms with Gasteiger partial charge in [0.1, 0.15) is 9.98 Å². The summed E-state index contributed by atoms with van der Waals surface area (Å²) in [6, 6.07) is 0. The Morgan fingerprint density at radius 1 is 1.15 bits per heavy atom. The van der Waals surface area contributed by atoms with E-state index >= 15 is 0 Å². The summed E-state index contributed by atoms with van der Waals surface area (Å²) in [5, 5.41) is 12.4. The van der Waals surface area contributed by atoms with Gasteiger partial charge in [0.05, 0.1) is 0 Å². The summed E-state index contributed by atoms with van der Waals surface area (Å²) in [6.07, 6.45) is 4.70. The highest BCUT2D eigenvalue weighted by Crippen LogP contribution is 2.31. The lowest BCUT2D eigenvalue weighted by Gasteiger charge is -2.16. The molecule has 0 aromatic rings. The number of hydrazone groups is 2. The Balaban J connectivity index is 2.57. The van der Waals surface area contributed by atoms with Crippen molar-refractivity contribution in [2.24, 2.45) is 16.1 Å². The molecule has 0 spiro atoms. The molecule has 1 aliphatic rings. The van der Waals surface area contributed by atoms with Crippen LogP contribution in [0.15, 0.2) is 22.9 Å². The van der Waals surface area contributed by atoms with Gasteiger partial charge in [-0.1, -0.05) is 31.0 Å². The summed E-state index contributed by atoms with van der Waals surface area (Å²) in [4.78, 5) is 1.54. The van der Waals surface area contributed by atoms with Crippen LogP contribution in [-0.4, -0.2) is 45.5 Å². The summed E-state index contributed by atoms with van der Waals surface area (Å²) in [7, 11) is 3.73. The Morgan fingerprint density at radius 3 is 2.10 bits per heavy atom. The van der Waals surface area contributed by atoms with Gasteiger partial charge in [-0.25, -0.2) is 0 Å². The van der Waals surface area contributed by atoms with Gasteiger partial charge in [0, 0.05) is 37.9 Å². The summed E-state index contributed by atoms with van der Waals surface area (Å²) in [6.45, 7) is 7.58. The van der Waals surface area contributed by atoms with E-state index in [0.29, 0.717) is 17.3 Å². The first kappa shape index (κ1) is 16.9. The lowest BCUT2D eigenvalue weighted by molar-refractivity contribution is 0.535. The van der Waals surface area contributed by atoms with Crippen molar-refractivity contribution < 1.29 is 0 Å². The van der Waals surface area contributed by atoms with E-state index in [0.717, 1.165) is 16.4 Å². The number of nitrogens with zero attached hydrogens (tertiary/aromatic N) is 4. The van der Waals surface area contributed by atoms with Gasteiger partial charge in [-0.15, -0.1) is 0 Å². The quantitative estimate of drug-likeness (QED) is 0.326. The van der Waals surface area contributed by atoms with Crippen LogP contribution in [0, 0.1) is 5.92 Å². The van der Waals surface area contributed by atoms with Gasteiger partial charge in [0.15, 0.2) is 0 Å². The molecule has 1 aliphatic carbocycles. The summed E-state index contributed by atoms with van der Waals surface area (Å²) in [5.74, 6) is 0.553. The van der Waals surface area contributed by atoms with Crippen LogP contribution in [0.5, 0.6) is 0 Å². The summed E-state index contributed by atoms with van der Waals surface area (Å²) in [5.41, 5.74) is 1.93. The highest BCUT2D eigenvalue weighted by atomic mass is 32.1. The molecule has 1 rings (SSSR count). The van der Waals surface area contributed by atoms with Crippen molar-refractivity contribution in [2.75, 3.05) is 14.1 Å². The fourth-order valence-electron chi connectivity index (χ4n) is 1.78. The van der Waals surface area contributed by atoms with Gasteiger partial charge in [-0.3, -0.25) is 10.0 Å². The lowest BCUT2D eigenvalue weighted by atomic mass is 10.2. The highest BCUT2D eigenvalue weighted by molar-refractivity contribution is 7.80. The average molecular weight is 310 g/mol. The molecule has 0 atom stereocenters. The fraction of sp³-hybridized carbons (Fsp3) is 0.571. The second-order valence-corrected chi connectivity index (χ2v) is 5.89. The largest absolute Gasteiger partial charge is 0.262 e. The molecule has 0 heterocycles. The third kappa shape index (κ3) is 5.46. The van der Waals surface area contributed by atoms with E-state index in [2.05, 4.69) is 16.8 Å². The van der Waals surface area contributed by atoms with Gasteiger partial charge in [-0.05, 0) is 32.8 Å². The standard InChI is InChI=1S/C14H22N4S2/c1-6-13(19)17(4)15-10(2)9-11(3)16-18(5)14(20)12-7-8-12/h6,12H,1,7-9H2,2-5H3/b15-10+,16-11+. The first-order chi connectivity index (χ1) is 9.35. The predicted molar refractivity (Wildman–Crippen MR) is 94.5 cm³/mol. The van der Waals surface area contributed by atoms with Gasteiger partial charge in [0.2, 0.25) is 0 Å². The van der Waals surface area contributed by atoms with Crippen LogP contribution in [-0.2, 0) is 0 Å². The molecule has 0 N–H and O–H groups in total. The smallest absolute Gasteiger partial charge is 0.121 e. The maximum Gasteiger partial charge on any atom is 0.121 e. The van der Waals surface area contributed by atoms with E-state index in [9.17, 15) is 0 Å². The summed E-state index contributed by atoms with van der Waals surface area (Å²) >= 11 is 10.5. The van der Waals surface area contributed by atoms with Crippen molar-refractivity contribution in [3.63, 3.8) is 0 Å². The van der Waals surface area contributed by atoms with Crippen molar-refractivity contribution >= 4 is 45.8 Å². The molecule has 1 saturated carbocycles. The number of hydrogen-bond donors (Lipinski definition) is 0. The molecule has 6 heteroatoms. The highest BCUT2D eigenvalue weighted by Gasteiger charge is 2.28. The first-order valence-corrected chi connectivity index (χ1v) is 7.42. The van der Waals surface area contributed by atoms with Crippen LogP contribution in [0.25, 0.3) is 0 Å². The number of rotatable bonds is 6. The maximum atomic E-state index is 5.37. The van der Waals surface area contributed by atoms with Crippen molar-refractivity contribution in [3.8, 4) is 0 Å². The van der Waals surface area contributed by atoms with Gasteiger partial charge in [0.25, 0.3) is 0 Å². The van der Waals surface area contributed by atoms with Crippen molar-refractivity contribution in [3.05, 3.63) is 12.7 Å². The van der Waals surface area contributed by atoms with Crippen LogP contribution in [0.2, 0.25) is 0 Å². The zero-order valence-electron chi connectivity index (χ0n) is 12.6. The molecule has 0 aromatic heterocycles. The Kier molecular flexibility index (Phi) is 6.42. The third-order valence-electron chi connectivity index (χ3n) is 2.89. The van der Waals surface area contributed by atoms with Gasteiger partial charge >= 0.3 is 0 Å². The molecule has 0 radical (unpaired) electrons. The predicted octanol–water partition coefficient (Wildman–Crippen LogP) is 3.24. The van der Waals surface area contributed by atoms with Crippen molar-refractivity contribution in [1.29, 1.82) is 0 Å². The van der Waals surface area contributed by atoms with Crippen LogP contribution in [0.4, 0.5) is 0 Å². The molecule has 0 bridgehead atoms. The third-order valence-corrected chi connectivity index (χ3v) is 3.92. The van der Waals surface area contributed by atoms with E-state index in [1.807, 2.05) is 33.0 Å². The number of hydrogen-bond acceptors (Lipinski definition) is 4. The molecule has 0 unspecified atom stereocenters. The second-order valence-electron chi connectivity index (χ2n) is 5.05. The van der Waals surface area contributed by atoms with Crippen molar-refractivity contribution in [1.82, 2.24) is 10.0 Å². The van der Waals surface area contributed by atoms with E-state index in [1.54, 1.807) is 11.1 Å². The van der Waals surface area contributed by atoms with Crippen LogP contribution in [0.1, 0.15) is 33.1 Å². The molecule has 0 saturated heterocycles. The van der Waals surface area contributed by atoms with E-state index < -0.39 is 0 Å². The van der Waals surface area contributed by atoms with E-state index in [4.69, 9.17) is 24.4 Å². The SMILES string of the molecule is C=CC(=S)N(C)/N=C(\C)C/C(C)=N/N(C)C(=S)C1CC1. The molecule has 0 amide bonds. The van der Waals surface area contributed by atoms with E-state index in [1.165, 1.54) is 12.8 Å². The van der Waals surface area contributed by atoms with Crippen molar-refractivity contribution in [2.45, 2.75) is 33.1 Å². The Hall–Kier alpha value is -1.14. The average Bonchev–Trinajstić information content (AvgIpc) is 3.20. The topological polar surface area (TPSA) is 31.2 Å². The monoisotopic (exact) mass is 310 g/mol. The molecule has 20 heavy (non-hydrogen) atoms. The Bertz CT molecular complexity index is 464. The Labute approximate surface area is 132 Å². The first-order valence-electron chi connectivity index (χ1n) is 6.61. The van der Waals surface area contributed by atoms with Gasteiger partial charge < -0.3 is 0 Å². The van der Waals surface area contributed by atoms with Crippen LogP contribution >= 0.6 is 24.4 Å². The number of likely N-dealkylation sites (N-methyl/N-ethyl adjacent to an activating group) is 1. The zero-order valence-corrected chi connectivity index (χ0v) is 14.2. The van der Waals surface area contributed by atoms with Gasteiger partial charge in [-0.2, -0.15) is 10.2 Å². The molecular formula is C14H22N4S2. The minimum Gasteiger partial charge on any atom is -0.262 e. The molecule has 0 aromatic carbocycles.